The lowest BCUT2D eigenvalue weighted by molar-refractivity contribution is -0.321. The molecular weight excluding hydrogens is 368 g/mol. The third kappa shape index (κ3) is 9.38. The van der Waals surface area contributed by atoms with E-state index in [0.717, 1.165) is 17.9 Å². The van der Waals surface area contributed by atoms with Crippen LogP contribution in [0.15, 0.2) is 36.6 Å². The van der Waals surface area contributed by atoms with Gasteiger partial charge >= 0.3 is 12.1 Å². The van der Waals surface area contributed by atoms with Gasteiger partial charge in [-0.25, -0.2) is 9.59 Å². The van der Waals surface area contributed by atoms with Crippen molar-refractivity contribution in [2.45, 2.75) is 39.2 Å². The van der Waals surface area contributed by atoms with Gasteiger partial charge in [-0.2, -0.15) is 4.89 Å². The van der Waals surface area contributed by atoms with Crippen molar-refractivity contribution in [3.63, 3.8) is 0 Å². The second kappa shape index (κ2) is 12.0. The molecule has 8 heteroatoms. The summed E-state index contributed by atoms with van der Waals surface area (Å²) in [6.07, 6.45) is 0.831. The third-order valence-corrected chi connectivity index (χ3v) is 3.71. The molecule has 0 radical (unpaired) electrons. The molecule has 1 rings (SSSR count). The lowest BCUT2D eigenvalue weighted by Crippen LogP contribution is -2.21. The van der Waals surface area contributed by atoms with Crippen LogP contribution >= 0.6 is 0 Å². The maximum Gasteiger partial charge on any atom is 0.505 e. The summed E-state index contributed by atoms with van der Waals surface area (Å²) in [6.45, 7) is 8.12. The topological polar surface area (TPSA) is 101 Å². The molecule has 0 spiro atoms. The molecular formula is C20H28O8. The molecule has 156 valence electrons. The number of esters is 1. The van der Waals surface area contributed by atoms with E-state index in [9.17, 15) is 9.59 Å². The standard InChI is InChI=1S/C20H28O8/c1-15(2)16-5-7-17(8-6-16)20(3,4)28-27-10-9-18(21)25-13-11-24-12-14-26-19(22)23/h5-10,15H,11-14H2,1-4H3,(H,22,23). The summed E-state index contributed by atoms with van der Waals surface area (Å²) in [5.41, 5.74) is 1.48. The summed E-state index contributed by atoms with van der Waals surface area (Å²) in [6, 6.07) is 8.07. The minimum atomic E-state index is -1.36. The molecule has 8 nitrogen and oxygen atoms in total. The Morgan fingerprint density at radius 1 is 1.04 bits per heavy atom. The highest BCUT2D eigenvalue weighted by Crippen LogP contribution is 2.26. The average Bonchev–Trinajstić information content (AvgIpc) is 2.64. The van der Waals surface area contributed by atoms with E-state index in [1.165, 1.54) is 5.56 Å². The zero-order valence-electron chi connectivity index (χ0n) is 16.7. The van der Waals surface area contributed by atoms with E-state index in [4.69, 9.17) is 24.4 Å². The van der Waals surface area contributed by atoms with Crippen LogP contribution in [0.5, 0.6) is 0 Å². The lowest BCUT2D eigenvalue weighted by Gasteiger charge is -2.23. The van der Waals surface area contributed by atoms with Gasteiger partial charge in [0.1, 0.15) is 25.1 Å². The first-order chi connectivity index (χ1) is 13.2. The maximum atomic E-state index is 11.5. The van der Waals surface area contributed by atoms with Gasteiger partial charge in [0, 0.05) is 0 Å². The zero-order valence-corrected chi connectivity index (χ0v) is 16.7. The number of benzene rings is 1. The minimum Gasteiger partial charge on any atom is -0.460 e. The van der Waals surface area contributed by atoms with Crippen molar-refractivity contribution in [2.75, 3.05) is 26.4 Å². The van der Waals surface area contributed by atoms with E-state index in [0.29, 0.717) is 5.92 Å². The first kappa shape index (κ1) is 23.5. The maximum absolute atomic E-state index is 11.5. The van der Waals surface area contributed by atoms with Gasteiger partial charge in [0.25, 0.3) is 0 Å². The fraction of sp³-hybridized carbons (Fsp3) is 0.500. The van der Waals surface area contributed by atoms with Gasteiger partial charge in [-0.15, -0.1) is 0 Å². The smallest absolute Gasteiger partial charge is 0.460 e. The van der Waals surface area contributed by atoms with Gasteiger partial charge in [-0.1, -0.05) is 38.1 Å². The van der Waals surface area contributed by atoms with Gasteiger partial charge < -0.3 is 24.2 Å². The molecule has 0 unspecified atom stereocenters. The monoisotopic (exact) mass is 396 g/mol. The van der Waals surface area contributed by atoms with Gasteiger partial charge in [0.05, 0.1) is 19.3 Å². The summed E-state index contributed by atoms with van der Waals surface area (Å²) >= 11 is 0. The molecule has 1 aromatic carbocycles. The van der Waals surface area contributed by atoms with Crippen LogP contribution in [-0.2, 0) is 34.4 Å². The Balaban J connectivity index is 2.25. The molecule has 0 fully saturated rings. The van der Waals surface area contributed by atoms with Gasteiger partial charge in [-0.05, 0) is 30.9 Å². The summed E-state index contributed by atoms with van der Waals surface area (Å²) < 4.78 is 14.2. The fourth-order valence-electron chi connectivity index (χ4n) is 2.09. The molecule has 0 heterocycles. The van der Waals surface area contributed by atoms with Crippen molar-refractivity contribution >= 4 is 12.1 Å². The van der Waals surface area contributed by atoms with Crippen LogP contribution < -0.4 is 0 Å². The molecule has 0 aliphatic carbocycles. The Morgan fingerprint density at radius 3 is 2.21 bits per heavy atom. The Labute approximate surface area is 164 Å². The van der Waals surface area contributed by atoms with E-state index in [2.05, 4.69) is 18.6 Å². The molecule has 0 saturated carbocycles. The zero-order chi connectivity index (χ0) is 21.0. The molecule has 1 N–H and O–H groups in total. The summed E-state index contributed by atoms with van der Waals surface area (Å²) in [5, 5.41) is 8.26. The van der Waals surface area contributed by atoms with Gasteiger partial charge in [-0.3, -0.25) is 0 Å². The lowest BCUT2D eigenvalue weighted by atomic mass is 9.94. The summed E-state index contributed by atoms with van der Waals surface area (Å²) in [7, 11) is 0. The molecule has 28 heavy (non-hydrogen) atoms. The third-order valence-electron chi connectivity index (χ3n) is 3.71. The summed E-state index contributed by atoms with van der Waals surface area (Å²) in [4.78, 5) is 32.0. The highest BCUT2D eigenvalue weighted by Gasteiger charge is 2.23. The largest absolute Gasteiger partial charge is 0.505 e. The van der Waals surface area contributed by atoms with Crippen LogP contribution in [0.4, 0.5) is 4.79 Å². The number of hydrogen-bond donors (Lipinski definition) is 1. The average molecular weight is 396 g/mol. The molecule has 0 aliphatic rings. The highest BCUT2D eigenvalue weighted by atomic mass is 17.2. The first-order valence-corrected chi connectivity index (χ1v) is 8.94. The fourth-order valence-corrected chi connectivity index (χ4v) is 2.09. The number of ether oxygens (including phenoxy) is 3. The predicted octanol–water partition coefficient (Wildman–Crippen LogP) is 3.76. The van der Waals surface area contributed by atoms with Gasteiger partial charge in [0.15, 0.2) is 0 Å². The molecule has 0 saturated heterocycles. The highest BCUT2D eigenvalue weighted by molar-refractivity contribution is 5.81. The summed E-state index contributed by atoms with van der Waals surface area (Å²) in [5.74, 6) is -0.167. The first-order valence-electron chi connectivity index (χ1n) is 8.94. The molecule has 0 bridgehead atoms. The number of carbonyl (C=O) groups is 2. The Bertz CT molecular complexity index is 634. The van der Waals surface area contributed by atoms with E-state index in [-0.39, 0.29) is 26.4 Å². The van der Waals surface area contributed by atoms with Crippen molar-refractivity contribution < 1.29 is 38.7 Å². The van der Waals surface area contributed by atoms with Crippen molar-refractivity contribution in [1.29, 1.82) is 0 Å². The minimum absolute atomic E-state index is 0.0186. The van der Waals surface area contributed by atoms with Crippen molar-refractivity contribution in [3.8, 4) is 0 Å². The van der Waals surface area contributed by atoms with Crippen LogP contribution in [-0.4, -0.2) is 43.7 Å². The normalized spacial score (nSPS) is 11.6. The van der Waals surface area contributed by atoms with Crippen LogP contribution in [0.25, 0.3) is 0 Å². The predicted molar refractivity (Wildman–Crippen MR) is 101 cm³/mol. The Kier molecular flexibility index (Phi) is 10.0. The van der Waals surface area contributed by atoms with Crippen LogP contribution in [0, 0.1) is 0 Å². The Hall–Kier alpha value is -2.58. The molecule has 0 amide bonds. The Morgan fingerprint density at radius 2 is 1.64 bits per heavy atom. The molecule has 0 atom stereocenters. The van der Waals surface area contributed by atoms with E-state index in [1.807, 2.05) is 38.1 Å². The van der Waals surface area contributed by atoms with Crippen molar-refractivity contribution in [1.82, 2.24) is 0 Å². The van der Waals surface area contributed by atoms with Crippen LogP contribution in [0.2, 0.25) is 0 Å². The van der Waals surface area contributed by atoms with Crippen molar-refractivity contribution in [3.05, 3.63) is 47.7 Å². The number of rotatable bonds is 12. The SMILES string of the molecule is CC(C)c1ccc(C(C)(C)OOC=CC(=O)OCCOCCOC(=O)O)cc1. The molecule has 0 aromatic heterocycles. The molecule has 1 aromatic rings. The van der Waals surface area contributed by atoms with E-state index >= 15 is 0 Å². The number of carboxylic acid groups (broad SMARTS) is 1. The van der Waals surface area contributed by atoms with Crippen molar-refractivity contribution in [2.24, 2.45) is 0 Å². The van der Waals surface area contributed by atoms with E-state index < -0.39 is 17.7 Å². The number of hydrogen-bond acceptors (Lipinski definition) is 7. The second-order valence-corrected chi connectivity index (χ2v) is 6.66. The van der Waals surface area contributed by atoms with Crippen LogP contribution in [0.3, 0.4) is 0 Å². The van der Waals surface area contributed by atoms with Gasteiger partial charge in [0.2, 0.25) is 0 Å². The second-order valence-electron chi connectivity index (χ2n) is 6.66. The van der Waals surface area contributed by atoms with Crippen LogP contribution in [0.1, 0.15) is 44.7 Å². The quantitative estimate of drug-likeness (QED) is 0.142. The molecule has 0 aliphatic heterocycles. The number of carbonyl (C=O) groups excluding carboxylic acids is 1. The van der Waals surface area contributed by atoms with E-state index in [1.54, 1.807) is 0 Å².